The van der Waals surface area contributed by atoms with Crippen LogP contribution in [-0.4, -0.2) is 39.3 Å². The topological polar surface area (TPSA) is 75.0 Å². The molecule has 128 valence electrons. The first kappa shape index (κ1) is 15.6. The molecule has 4 rings (SSSR count). The minimum atomic E-state index is 0.0792. The summed E-state index contributed by atoms with van der Waals surface area (Å²) < 4.78 is 5.17. The largest absolute Gasteiger partial charge is 0.361 e. The Balaban J connectivity index is 1.49. The first-order valence-electron chi connectivity index (χ1n) is 8.52. The Labute approximate surface area is 145 Å². The van der Waals surface area contributed by atoms with Gasteiger partial charge in [-0.05, 0) is 13.3 Å². The van der Waals surface area contributed by atoms with Crippen LogP contribution < -0.4 is 0 Å². The highest BCUT2D eigenvalue weighted by Crippen LogP contribution is 2.26. The summed E-state index contributed by atoms with van der Waals surface area (Å²) in [5.74, 6) is 0.701. The van der Waals surface area contributed by atoms with E-state index in [1.54, 1.807) is 0 Å². The fourth-order valence-corrected chi connectivity index (χ4v) is 3.33. The third-order valence-corrected chi connectivity index (χ3v) is 4.62. The van der Waals surface area contributed by atoms with Crippen molar-refractivity contribution in [1.29, 1.82) is 0 Å². The Morgan fingerprint density at radius 3 is 2.80 bits per heavy atom. The summed E-state index contributed by atoms with van der Waals surface area (Å²) in [6.45, 7) is 3.24. The number of aryl methyl sites for hydroxylation is 1. The fourth-order valence-electron chi connectivity index (χ4n) is 3.33. The van der Waals surface area contributed by atoms with Gasteiger partial charge in [-0.25, -0.2) is 0 Å². The lowest BCUT2D eigenvalue weighted by atomic mass is 10.0. The Bertz CT molecular complexity index is 882. The zero-order chi connectivity index (χ0) is 17.2. The van der Waals surface area contributed by atoms with E-state index in [-0.39, 0.29) is 12.3 Å². The van der Waals surface area contributed by atoms with Gasteiger partial charge in [-0.15, -0.1) is 0 Å². The number of nitrogens with zero attached hydrogens (tertiary/aromatic N) is 3. The minimum absolute atomic E-state index is 0.0792. The van der Waals surface area contributed by atoms with Crippen LogP contribution in [0.25, 0.3) is 11.3 Å². The number of H-pyrrole nitrogens is 1. The molecule has 1 amide bonds. The second-order valence-electron chi connectivity index (χ2n) is 6.39. The van der Waals surface area contributed by atoms with E-state index < -0.39 is 0 Å². The van der Waals surface area contributed by atoms with Gasteiger partial charge in [0.1, 0.15) is 5.76 Å². The summed E-state index contributed by atoms with van der Waals surface area (Å²) in [6, 6.07) is 12.0. The third-order valence-electron chi connectivity index (χ3n) is 4.62. The fraction of sp³-hybridized carbons (Fsp3) is 0.316. The average molecular weight is 336 g/mol. The molecule has 3 aromatic rings. The van der Waals surface area contributed by atoms with E-state index in [1.807, 2.05) is 36.1 Å². The average Bonchev–Trinajstić information content (AvgIpc) is 3.15. The maximum Gasteiger partial charge on any atom is 0.230 e. The van der Waals surface area contributed by atoms with E-state index in [0.29, 0.717) is 18.8 Å². The van der Waals surface area contributed by atoms with Crippen LogP contribution in [0.4, 0.5) is 0 Å². The van der Waals surface area contributed by atoms with Gasteiger partial charge in [-0.3, -0.25) is 9.89 Å². The molecular formula is C19H20N4O2. The maximum absolute atomic E-state index is 12.6. The van der Waals surface area contributed by atoms with Crippen LogP contribution in [0.1, 0.15) is 22.7 Å². The van der Waals surface area contributed by atoms with Gasteiger partial charge < -0.3 is 9.42 Å². The lowest BCUT2D eigenvalue weighted by molar-refractivity contribution is -0.130. The monoisotopic (exact) mass is 336 g/mol. The Morgan fingerprint density at radius 1 is 1.24 bits per heavy atom. The summed E-state index contributed by atoms with van der Waals surface area (Å²) in [5.41, 5.74) is 5.25. The first-order valence-corrected chi connectivity index (χ1v) is 8.52. The lowest BCUT2D eigenvalue weighted by Gasteiger charge is -2.19. The van der Waals surface area contributed by atoms with E-state index in [0.717, 1.165) is 35.5 Å². The molecule has 0 bridgehead atoms. The first-order chi connectivity index (χ1) is 12.2. The van der Waals surface area contributed by atoms with Crippen molar-refractivity contribution in [3.63, 3.8) is 0 Å². The Kier molecular flexibility index (Phi) is 4.09. The second-order valence-corrected chi connectivity index (χ2v) is 6.39. The molecule has 2 aromatic heterocycles. The van der Waals surface area contributed by atoms with Gasteiger partial charge in [0.15, 0.2) is 0 Å². The van der Waals surface area contributed by atoms with Crippen molar-refractivity contribution in [1.82, 2.24) is 20.3 Å². The third kappa shape index (κ3) is 3.20. The molecule has 3 heterocycles. The number of carbonyl (C=O) groups excluding carboxylic acids is 1. The van der Waals surface area contributed by atoms with Crippen LogP contribution in [0.5, 0.6) is 0 Å². The molecule has 0 aliphatic carbocycles. The minimum Gasteiger partial charge on any atom is -0.361 e. The molecule has 0 unspecified atom stereocenters. The number of nitrogens with one attached hydrogen (secondary N) is 1. The number of aromatic amines is 1. The molecule has 6 nitrogen and oxygen atoms in total. The van der Waals surface area contributed by atoms with Crippen molar-refractivity contribution in [3.8, 4) is 11.3 Å². The Morgan fingerprint density at radius 2 is 2.04 bits per heavy atom. The van der Waals surface area contributed by atoms with Gasteiger partial charge in [0.05, 0.1) is 17.8 Å². The molecule has 0 saturated carbocycles. The van der Waals surface area contributed by atoms with E-state index in [4.69, 9.17) is 4.52 Å². The van der Waals surface area contributed by atoms with Crippen molar-refractivity contribution in [2.24, 2.45) is 0 Å². The summed E-state index contributed by atoms with van der Waals surface area (Å²) >= 11 is 0. The highest BCUT2D eigenvalue weighted by Gasteiger charge is 2.23. The molecule has 1 N–H and O–H groups in total. The number of carbonyl (C=O) groups is 1. The number of aromatic nitrogens is 3. The molecule has 0 radical (unpaired) electrons. The maximum atomic E-state index is 12.6. The number of hydrogen-bond acceptors (Lipinski definition) is 4. The van der Waals surface area contributed by atoms with E-state index in [1.165, 1.54) is 5.56 Å². The molecule has 6 heteroatoms. The van der Waals surface area contributed by atoms with Crippen LogP contribution in [0.3, 0.4) is 0 Å². The molecule has 1 aliphatic rings. The summed E-state index contributed by atoms with van der Waals surface area (Å²) in [6.07, 6.45) is 1.85. The molecule has 0 fully saturated rings. The number of fused-ring (bicyclic) bond motifs is 1. The highest BCUT2D eigenvalue weighted by molar-refractivity contribution is 5.78. The summed E-state index contributed by atoms with van der Waals surface area (Å²) in [7, 11) is 0. The van der Waals surface area contributed by atoms with Crippen molar-refractivity contribution in [2.75, 3.05) is 13.1 Å². The van der Waals surface area contributed by atoms with Crippen LogP contribution in [0.2, 0.25) is 0 Å². The van der Waals surface area contributed by atoms with Crippen LogP contribution in [0.15, 0.2) is 40.9 Å². The van der Waals surface area contributed by atoms with E-state index in [2.05, 4.69) is 27.5 Å². The zero-order valence-electron chi connectivity index (χ0n) is 14.2. The van der Waals surface area contributed by atoms with Gasteiger partial charge in [0.25, 0.3) is 0 Å². The van der Waals surface area contributed by atoms with Crippen molar-refractivity contribution < 1.29 is 9.32 Å². The molecule has 0 saturated heterocycles. The van der Waals surface area contributed by atoms with Crippen molar-refractivity contribution in [3.05, 3.63) is 59.1 Å². The molecule has 0 atom stereocenters. The van der Waals surface area contributed by atoms with Gasteiger partial charge >= 0.3 is 0 Å². The zero-order valence-corrected chi connectivity index (χ0v) is 14.2. The quantitative estimate of drug-likeness (QED) is 0.797. The van der Waals surface area contributed by atoms with Crippen LogP contribution in [-0.2, 0) is 24.1 Å². The number of amides is 1. The lowest BCUT2D eigenvalue weighted by Crippen LogP contribution is -2.34. The normalized spacial score (nSPS) is 14.2. The smallest absolute Gasteiger partial charge is 0.230 e. The van der Waals surface area contributed by atoms with Crippen LogP contribution in [0, 0.1) is 6.92 Å². The summed E-state index contributed by atoms with van der Waals surface area (Å²) in [4.78, 5) is 14.5. The van der Waals surface area contributed by atoms with Crippen molar-refractivity contribution in [2.45, 2.75) is 26.2 Å². The van der Waals surface area contributed by atoms with Gasteiger partial charge in [-0.2, -0.15) is 5.10 Å². The second kappa shape index (κ2) is 6.55. The number of hydrogen-bond donors (Lipinski definition) is 1. The highest BCUT2D eigenvalue weighted by atomic mass is 16.5. The van der Waals surface area contributed by atoms with Gasteiger partial charge in [0.2, 0.25) is 5.91 Å². The van der Waals surface area contributed by atoms with Gasteiger partial charge in [-0.1, -0.05) is 35.5 Å². The summed E-state index contributed by atoms with van der Waals surface area (Å²) in [5, 5.41) is 11.5. The van der Waals surface area contributed by atoms with Crippen LogP contribution >= 0.6 is 0 Å². The predicted octanol–water partition coefficient (Wildman–Crippen LogP) is 2.54. The number of benzene rings is 1. The predicted molar refractivity (Wildman–Crippen MR) is 93.0 cm³/mol. The number of rotatable bonds is 3. The van der Waals surface area contributed by atoms with Crippen molar-refractivity contribution >= 4 is 5.91 Å². The Hall–Kier alpha value is -2.89. The molecule has 1 aliphatic heterocycles. The molecular weight excluding hydrogens is 316 g/mol. The molecule has 0 spiro atoms. The van der Waals surface area contributed by atoms with Gasteiger partial charge in [0, 0.05) is 42.4 Å². The van der Waals surface area contributed by atoms with E-state index >= 15 is 0 Å². The standard InChI is InChI=1S/C19H20N4O2/c1-13-11-15(25-22-13)12-18(24)23-9-7-16-17(8-10-23)20-21-19(16)14-5-3-2-4-6-14/h2-6,11H,7-10,12H2,1H3,(H,20,21). The molecule has 25 heavy (non-hydrogen) atoms. The van der Waals surface area contributed by atoms with E-state index in [9.17, 15) is 4.79 Å². The SMILES string of the molecule is Cc1cc(CC(=O)N2CCc3[nH]nc(-c4ccccc4)c3CC2)on1. The molecule has 1 aromatic carbocycles.